The van der Waals surface area contributed by atoms with Crippen LogP contribution in [0, 0.1) is 29.7 Å². The van der Waals surface area contributed by atoms with Crippen LogP contribution < -0.4 is 21.7 Å². The zero-order valence-corrected chi connectivity index (χ0v) is 16.1. The SMILES string of the molecule is COc1cc[c-]cc1C1(C)C2CC3CC(C2)CC1C3.[Br-].[Mg+2]. The number of halogens is 1. The number of ether oxygens (including phenoxy) is 1. The van der Waals surface area contributed by atoms with Crippen molar-refractivity contribution in [3.63, 3.8) is 0 Å². The Labute approximate surface area is 155 Å². The van der Waals surface area contributed by atoms with Crippen molar-refractivity contribution in [3.8, 4) is 5.75 Å². The van der Waals surface area contributed by atoms with Gasteiger partial charge in [0, 0.05) is 5.75 Å². The fourth-order valence-corrected chi connectivity index (χ4v) is 5.62. The quantitative estimate of drug-likeness (QED) is 0.562. The van der Waals surface area contributed by atoms with Gasteiger partial charge in [0.15, 0.2) is 0 Å². The van der Waals surface area contributed by atoms with Crippen LogP contribution in [0.15, 0.2) is 18.2 Å². The van der Waals surface area contributed by atoms with Crippen molar-refractivity contribution >= 4 is 23.1 Å². The molecule has 4 aliphatic rings. The molecule has 0 amide bonds. The van der Waals surface area contributed by atoms with Crippen LogP contribution in [-0.2, 0) is 5.41 Å². The van der Waals surface area contributed by atoms with E-state index in [9.17, 15) is 0 Å². The third-order valence-electron chi connectivity index (χ3n) is 6.46. The van der Waals surface area contributed by atoms with Crippen molar-refractivity contribution in [3.05, 3.63) is 29.8 Å². The number of hydrogen-bond donors (Lipinski definition) is 0. The van der Waals surface area contributed by atoms with Gasteiger partial charge in [0.05, 0.1) is 7.11 Å². The molecule has 4 saturated carbocycles. The second-order valence-corrected chi connectivity index (χ2v) is 7.21. The zero-order chi connectivity index (χ0) is 13.0. The van der Waals surface area contributed by atoms with Crippen LogP contribution in [0.3, 0.4) is 0 Å². The molecule has 0 spiro atoms. The summed E-state index contributed by atoms with van der Waals surface area (Å²) in [6.45, 7) is 2.51. The van der Waals surface area contributed by atoms with Gasteiger partial charge in [-0.05, 0) is 61.2 Å². The molecular weight excluding hydrogens is 336 g/mol. The maximum atomic E-state index is 5.65. The van der Waals surface area contributed by atoms with E-state index in [-0.39, 0.29) is 40.0 Å². The predicted molar refractivity (Wildman–Crippen MR) is 82.0 cm³/mol. The monoisotopic (exact) mass is 358 g/mol. The molecule has 4 aliphatic carbocycles. The van der Waals surface area contributed by atoms with Crippen molar-refractivity contribution in [1.82, 2.24) is 0 Å². The molecule has 4 bridgehead atoms. The van der Waals surface area contributed by atoms with Crippen LogP contribution >= 0.6 is 0 Å². The van der Waals surface area contributed by atoms with Crippen molar-refractivity contribution < 1.29 is 21.7 Å². The van der Waals surface area contributed by atoms with Crippen LogP contribution in [0.4, 0.5) is 0 Å². The van der Waals surface area contributed by atoms with Gasteiger partial charge in [-0.2, -0.15) is 18.2 Å². The Morgan fingerprint density at radius 1 is 1.10 bits per heavy atom. The van der Waals surface area contributed by atoms with Gasteiger partial charge in [-0.3, -0.25) is 0 Å². The third-order valence-corrected chi connectivity index (χ3v) is 6.46. The van der Waals surface area contributed by atoms with Crippen molar-refractivity contribution in [1.29, 1.82) is 0 Å². The molecule has 0 aromatic heterocycles. The Balaban J connectivity index is 0.000000807. The Hall–Kier alpha value is 0.266. The minimum atomic E-state index is 0. The van der Waals surface area contributed by atoms with Crippen molar-refractivity contribution in [2.45, 2.75) is 44.4 Å². The van der Waals surface area contributed by atoms with E-state index in [0.29, 0.717) is 5.41 Å². The molecule has 0 aliphatic heterocycles. The molecule has 4 fully saturated rings. The van der Waals surface area contributed by atoms with Gasteiger partial charge in [-0.25, -0.2) is 0 Å². The van der Waals surface area contributed by atoms with Crippen molar-refractivity contribution in [2.24, 2.45) is 23.7 Å². The largest absolute Gasteiger partial charge is 2.00 e. The first kappa shape index (κ1) is 17.6. The van der Waals surface area contributed by atoms with E-state index in [2.05, 4.69) is 25.1 Å². The summed E-state index contributed by atoms with van der Waals surface area (Å²) in [5, 5.41) is 0. The van der Waals surface area contributed by atoms with Crippen molar-refractivity contribution in [2.75, 3.05) is 7.11 Å². The summed E-state index contributed by atoms with van der Waals surface area (Å²) in [6, 6.07) is 9.55. The topological polar surface area (TPSA) is 9.23 Å². The molecule has 21 heavy (non-hydrogen) atoms. The summed E-state index contributed by atoms with van der Waals surface area (Å²) >= 11 is 0. The maximum Gasteiger partial charge on any atom is 2.00 e. The average Bonchev–Trinajstić information content (AvgIpc) is 2.43. The van der Waals surface area contributed by atoms with Crippen LogP contribution in [0.2, 0.25) is 0 Å². The number of methoxy groups -OCH3 is 1. The second kappa shape index (κ2) is 6.41. The third kappa shape index (κ3) is 2.57. The Morgan fingerprint density at radius 3 is 2.19 bits per heavy atom. The van der Waals surface area contributed by atoms with E-state index in [1.807, 2.05) is 6.07 Å². The minimum Gasteiger partial charge on any atom is -1.00 e. The molecule has 1 nitrogen and oxygen atoms in total. The summed E-state index contributed by atoms with van der Waals surface area (Å²) in [5.74, 6) is 4.86. The molecule has 0 N–H and O–H groups in total. The summed E-state index contributed by atoms with van der Waals surface area (Å²) < 4.78 is 5.65. The number of rotatable bonds is 2. The average molecular weight is 360 g/mol. The maximum absolute atomic E-state index is 5.65. The standard InChI is InChI=1S/C18H23O.BrH.Mg/c1-18(16-5-3-4-6-17(16)19-2)14-8-12-7-13(10-14)11-15(18)9-12;;/h4-6,12-15H,7-11H2,1-2H3;1H;/q-1;;+2/p-1. The molecule has 0 radical (unpaired) electrons. The molecule has 0 saturated heterocycles. The van der Waals surface area contributed by atoms with E-state index in [0.717, 1.165) is 29.4 Å². The molecule has 0 unspecified atom stereocenters. The van der Waals surface area contributed by atoms with E-state index in [4.69, 9.17) is 4.74 Å². The van der Waals surface area contributed by atoms with E-state index < -0.39 is 0 Å². The molecule has 0 heterocycles. The molecule has 110 valence electrons. The van der Waals surface area contributed by atoms with Crippen LogP contribution in [0.25, 0.3) is 0 Å². The fraction of sp³-hybridized carbons (Fsp3) is 0.667. The van der Waals surface area contributed by atoms with E-state index >= 15 is 0 Å². The van der Waals surface area contributed by atoms with Gasteiger partial charge in [-0.1, -0.05) is 6.92 Å². The van der Waals surface area contributed by atoms with Gasteiger partial charge in [0.25, 0.3) is 0 Å². The predicted octanol–water partition coefficient (Wildman–Crippen LogP) is 0.832. The molecule has 5 rings (SSSR count). The van der Waals surface area contributed by atoms with Crippen LogP contribution in [0.5, 0.6) is 5.75 Å². The van der Waals surface area contributed by atoms with Gasteiger partial charge in [-0.15, -0.1) is 11.6 Å². The second-order valence-electron chi connectivity index (χ2n) is 7.21. The normalized spacial score (nSPS) is 39.3. The molecular formula is C18H23BrMgO. The first-order chi connectivity index (χ1) is 9.21. The van der Waals surface area contributed by atoms with Crippen LogP contribution in [-0.4, -0.2) is 30.2 Å². The fourth-order valence-electron chi connectivity index (χ4n) is 5.62. The molecule has 3 heteroatoms. The first-order valence-corrected chi connectivity index (χ1v) is 7.76. The van der Waals surface area contributed by atoms with Gasteiger partial charge in [0.1, 0.15) is 0 Å². The van der Waals surface area contributed by atoms with Gasteiger partial charge in [0.2, 0.25) is 0 Å². The summed E-state index contributed by atoms with van der Waals surface area (Å²) in [6.07, 6.45) is 7.30. The van der Waals surface area contributed by atoms with Gasteiger partial charge >= 0.3 is 23.1 Å². The smallest absolute Gasteiger partial charge is 1.00 e. The Morgan fingerprint density at radius 2 is 1.67 bits per heavy atom. The number of benzene rings is 1. The first-order valence-electron chi connectivity index (χ1n) is 7.76. The zero-order valence-electron chi connectivity index (χ0n) is 13.1. The number of hydrogen-bond acceptors (Lipinski definition) is 1. The Kier molecular flexibility index (Phi) is 5.37. The van der Waals surface area contributed by atoms with E-state index in [1.54, 1.807) is 7.11 Å². The van der Waals surface area contributed by atoms with Crippen LogP contribution in [0.1, 0.15) is 44.6 Å². The molecule has 0 atom stereocenters. The minimum absolute atomic E-state index is 0. The summed E-state index contributed by atoms with van der Waals surface area (Å²) in [5.41, 5.74) is 1.75. The summed E-state index contributed by atoms with van der Waals surface area (Å²) in [7, 11) is 1.80. The Bertz CT molecular complexity index is 474. The molecule has 1 aromatic rings. The van der Waals surface area contributed by atoms with E-state index in [1.165, 1.54) is 37.7 Å². The van der Waals surface area contributed by atoms with Gasteiger partial charge < -0.3 is 21.7 Å². The summed E-state index contributed by atoms with van der Waals surface area (Å²) in [4.78, 5) is 0. The molecule has 1 aromatic carbocycles.